The first-order valence-corrected chi connectivity index (χ1v) is 6.84. The standard InChI is InChI=1S/C15H24N2O3/c1-3-15(9-18,10-19)17-14(20)11(2)13(16)12-7-5-4-6-8-12/h4-8,11,13,18-19H,3,9-10,16H2,1-2H3,(H,17,20). The molecule has 1 amide bonds. The van der Waals surface area contributed by atoms with E-state index >= 15 is 0 Å². The molecule has 0 spiro atoms. The van der Waals surface area contributed by atoms with Gasteiger partial charge in [0.15, 0.2) is 0 Å². The average molecular weight is 280 g/mol. The van der Waals surface area contributed by atoms with Gasteiger partial charge in [0.2, 0.25) is 5.91 Å². The second-order valence-corrected chi connectivity index (χ2v) is 5.16. The van der Waals surface area contributed by atoms with Gasteiger partial charge in [-0.15, -0.1) is 0 Å². The zero-order valence-electron chi connectivity index (χ0n) is 12.0. The highest BCUT2D eigenvalue weighted by Gasteiger charge is 2.32. The van der Waals surface area contributed by atoms with E-state index in [0.717, 1.165) is 5.56 Å². The molecule has 0 aliphatic rings. The van der Waals surface area contributed by atoms with Gasteiger partial charge in [-0.3, -0.25) is 4.79 Å². The summed E-state index contributed by atoms with van der Waals surface area (Å²) in [5, 5.41) is 21.4. The molecule has 2 atom stereocenters. The number of hydrogen-bond donors (Lipinski definition) is 4. The van der Waals surface area contributed by atoms with Crippen molar-refractivity contribution in [1.82, 2.24) is 5.32 Å². The SMILES string of the molecule is CCC(CO)(CO)NC(=O)C(C)C(N)c1ccccc1. The minimum Gasteiger partial charge on any atom is -0.394 e. The molecule has 5 nitrogen and oxygen atoms in total. The van der Waals surface area contributed by atoms with E-state index in [9.17, 15) is 15.0 Å². The minimum atomic E-state index is -0.984. The normalized spacial score (nSPS) is 14.7. The Kier molecular flexibility index (Phi) is 6.13. The number of hydrogen-bond acceptors (Lipinski definition) is 4. The third kappa shape index (κ3) is 3.79. The monoisotopic (exact) mass is 280 g/mol. The summed E-state index contributed by atoms with van der Waals surface area (Å²) in [6.45, 7) is 2.93. The molecule has 5 heteroatoms. The van der Waals surface area contributed by atoms with Gasteiger partial charge in [0.1, 0.15) is 0 Å². The summed E-state index contributed by atoms with van der Waals surface area (Å²) >= 11 is 0. The summed E-state index contributed by atoms with van der Waals surface area (Å²) in [6.07, 6.45) is 0.443. The molecule has 0 aliphatic heterocycles. The van der Waals surface area contributed by atoms with Crippen molar-refractivity contribution in [2.45, 2.75) is 31.8 Å². The van der Waals surface area contributed by atoms with Gasteiger partial charge in [0, 0.05) is 6.04 Å². The van der Waals surface area contributed by atoms with E-state index in [1.165, 1.54) is 0 Å². The molecule has 112 valence electrons. The van der Waals surface area contributed by atoms with Crippen LogP contribution in [0.2, 0.25) is 0 Å². The lowest BCUT2D eigenvalue weighted by Gasteiger charge is -2.32. The molecular weight excluding hydrogens is 256 g/mol. The minimum absolute atomic E-state index is 0.272. The molecular formula is C15H24N2O3. The van der Waals surface area contributed by atoms with Crippen LogP contribution in [0.5, 0.6) is 0 Å². The Morgan fingerprint density at radius 3 is 2.30 bits per heavy atom. The molecule has 1 aromatic rings. The van der Waals surface area contributed by atoms with Crippen LogP contribution in [-0.2, 0) is 4.79 Å². The van der Waals surface area contributed by atoms with Crippen LogP contribution in [0, 0.1) is 5.92 Å². The zero-order valence-corrected chi connectivity index (χ0v) is 12.0. The topological polar surface area (TPSA) is 95.6 Å². The lowest BCUT2D eigenvalue weighted by molar-refractivity contribution is -0.128. The number of aliphatic hydroxyl groups is 2. The first kappa shape index (κ1) is 16.6. The highest BCUT2D eigenvalue weighted by Crippen LogP contribution is 2.20. The number of nitrogens with one attached hydrogen (secondary N) is 1. The van der Waals surface area contributed by atoms with Crippen molar-refractivity contribution in [3.05, 3.63) is 35.9 Å². The molecule has 20 heavy (non-hydrogen) atoms. The number of benzene rings is 1. The van der Waals surface area contributed by atoms with Crippen LogP contribution >= 0.6 is 0 Å². The molecule has 1 aromatic carbocycles. The molecule has 5 N–H and O–H groups in total. The van der Waals surface area contributed by atoms with Crippen molar-refractivity contribution in [2.75, 3.05) is 13.2 Å². The number of amides is 1. The predicted octanol–water partition coefficient (Wildman–Crippen LogP) is 0.572. The number of aliphatic hydroxyl groups excluding tert-OH is 2. The Hall–Kier alpha value is -1.43. The maximum Gasteiger partial charge on any atom is 0.225 e. The van der Waals surface area contributed by atoms with Gasteiger partial charge in [0.05, 0.1) is 24.7 Å². The fraction of sp³-hybridized carbons (Fsp3) is 0.533. The predicted molar refractivity (Wildman–Crippen MR) is 77.9 cm³/mol. The molecule has 0 heterocycles. The lowest BCUT2D eigenvalue weighted by atomic mass is 9.92. The maximum absolute atomic E-state index is 12.2. The van der Waals surface area contributed by atoms with Crippen molar-refractivity contribution in [3.63, 3.8) is 0 Å². The summed E-state index contributed by atoms with van der Waals surface area (Å²) in [6, 6.07) is 8.96. The van der Waals surface area contributed by atoms with Gasteiger partial charge in [0.25, 0.3) is 0 Å². The fourth-order valence-electron chi connectivity index (χ4n) is 1.94. The van der Waals surface area contributed by atoms with Crippen LogP contribution in [0.3, 0.4) is 0 Å². The van der Waals surface area contributed by atoms with E-state index in [2.05, 4.69) is 5.32 Å². The highest BCUT2D eigenvalue weighted by molar-refractivity contribution is 5.80. The van der Waals surface area contributed by atoms with E-state index in [0.29, 0.717) is 6.42 Å². The van der Waals surface area contributed by atoms with Crippen LogP contribution in [0.25, 0.3) is 0 Å². The van der Waals surface area contributed by atoms with Crippen molar-refractivity contribution < 1.29 is 15.0 Å². The largest absolute Gasteiger partial charge is 0.394 e. The molecule has 0 aliphatic carbocycles. The third-order valence-corrected chi connectivity index (χ3v) is 3.81. The van der Waals surface area contributed by atoms with Gasteiger partial charge in [-0.2, -0.15) is 0 Å². The molecule has 0 bridgehead atoms. The van der Waals surface area contributed by atoms with Crippen LogP contribution in [0.1, 0.15) is 31.9 Å². The first-order valence-electron chi connectivity index (χ1n) is 6.84. The highest BCUT2D eigenvalue weighted by atomic mass is 16.3. The molecule has 0 radical (unpaired) electrons. The summed E-state index contributed by atoms with van der Waals surface area (Å²) in [7, 11) is 0. The molecule has 2 unspecified atom stereocenters. The fourth-order valence-corrected chi connectivity index (χ4v) is 1.94. The van der Waals surface area contributed by atoms with Crippen LogP contribution < -0.4 is 11.1 Å². The van der Waals surface area contributed by atoms with Crippen molar-refractivity contribution in [2.24, 2.45) is 11.7 Å². The molecule has 0 saturated carbocycles. The second-order valence-electron chi connectivity index (χ2n) is 5.16. The Morgan fingerprint density at radius 1 is 1.30 bits per heavy atom. The second kappa shape index (κ2) is 7.38. The Balaban J connectivity index is 2.76. The van der Waals surface area contributed by atoms with E-state index in [-0.39, 0.29) is 19.1 Å². The van der Waals surface area contributed by atoms with E-state index in [4.69, 9.17) is 5.73 Å². The summed E-state index contributed by atoms with van der Waals surface area (Å²) in [4.78, 5) is 12.2. The quantitative estimate of drug-likeness (QED) is 0.587. The zero-order chi connectivity index (χ0) is 15.2. The molecule has 0 fully saturated rings. The first-order chi connectivity index (χ1) is 9.49. The van der Waals surface area contributed by atoms with Crippen molar-refractivity contribution >= 4 is 5.91 Å². The Labute approximate surface area is 119 Å². The van der Waals surface area contributed by atoms with Gasteiger partial charge < -0.3 is 21.3 Å². The Morgan fingerprint density at radius 2 is 1.85 bits per heavy atom. The summed E-state index contributed by atoms with van der Waals surface area (Å²) in [5.41, 5.74) is 5.99. The van der Waals surface area contributed by atoms with Crippen molar-refractivity contribution in [1.29, 1.82) is 0 Å². The molecule has 0 saturated heterocycles. The van der Waals surface area contributed by atoms with Crippen LogP contribution in [0.15, 0.2) is 30.3 Å². The van der Waals surface area contributed by atoms with Gasteiger partial charge in [-0.25, -0.2) is 0 Å². The number of rotatable bonds is 7. The van der Waals surface area contributed by atoms with Crippen molar-refractivity contribution in [3.8, 4) is 0 Å². The third-order valence-electron chi connectivity index (χ3n) is 3.81. The van der Waals surface area contributed by atoms with Gasteiger partial charge >= 0.3 is 0 Å². The molecule has 0 aromatic heterocycles. The smallest absolute Gasteiger partial charge is 0.225 e. The van der Waals surface area contributed by atoms with Gasteiger partial charge in [-0.1, -0.05) is 44.2 Å². The van der Waals surface area contributed by atoms with Crippen LogP contribution in [-0.4, -0.2) is 34.9 Å². The van der Waals surface area contributed by atoms with E-state index in [1.54, 1.807) is 13.8 Å². The van der Waals surface area contributed by atoms with Gasteiger partial charge in [-0.05, 0) is 12.0 Å². The summed E-state index contributed by atoms with van der Waals surface area (Å²) < 4.78 is 0. The lowest BCUT2D eigenvalue weighted by Crippen LogP contribution is -2.55. The van der Waals surface area contributed by atoms with E-state index < -0.39 is 17.5 Å². The number of carbonyl (C=O) groups excluding carboxylic acids is 1. The number of carbonyl (C=O) groups is 1. The van der Waals surface area contributed by atoms with E-state index in [1.807, 2.05) is 30.3 Å². The van der Waals surface area contributed by atoms with Crippen LogP contribution in [0.4, 0.5) is 0 Å². The maximum atomic E-state index is 12.2. The molecule has 1 rings (SSSR count). The summed E-state index contributed by atoms with van der Waals surface area (Å²) in [5.74, 6) is -0.729. The number of nitrogens with two attached hydrogens (primary N) is 1. The Bertz CT molecular complexity index is 410. The average Bonchev–Trinajstić information content (AvgIpc) is 2.52.